The zero-order valence-corrected chi connectivity index (χ0v) is 14.1. The maximum absolute atomic E-state index is 12.3. The molecule has 1 N–H and O–H groups in total. The van der Waals surface area contributed by atoms with Crippen LogP contribution in [0.4, 0.5) is 0 Å². The average Bonchev–Trinajstić information content (AvgIpc) is 3.06. The maximum Gasteiger partial charge on any atom is 0.289 e. The highest BCUT2D eigenvalue weighted by Gasteiger charge is 2.31. The lowest BCUT2D eigenvalue weighted by atomic mass is 10.1. The second kappa shape index (κ2) is 5.69. The molecule has 2 aliphatic rings. The van der Waals surface area contributed by atoms with Crippen molar-refractivity contribution in [1.82, 2.24) is 20.4 Å². The Morgan fingerprint density at radius 1 is 1.31 bits per heavy atom. The van der Waals surface area contributed by atoms with Crippen LogP contribution in [0.15, 0.2) is 33.3 Å². The largest absolute Gasteiger partial charge is 0.491 e. The highest BCUT2D eigenvalue weighted by atomic mass is 16.5. The molecular formula is C18H16N4O4. The van der Waals surface area contributed by atoms with E-state index in [1.807, 2.05) is 18.2 Å². The standard InChI is InChI=1S/C18H16N4O4/c1-9-19-7-15(25-9)17(23)20-13-8-24-14-6-11(4-5-12(13)14)16-21-18(26-22-16)10-2-3-10/h4-7,10,13H,2-3,8H2,1H3,(H,20,23). The van der Waals surface area contributed by atoms with Crippen molar-refractivity contribution in [2.45, 2.75) is 31.7 Å². The molecule has 3 heterocycles. The Hall–Kier alpha value is -3.16. The fraction of sp³-hybridized carbons (Fsp3) is 0.333. The third-order valence-corrected chi connectivity index (χ3v) is 4.57. The summed E-state index contributed by atoms with van der Waals surface area (Å²) in [4.78, 5) is 20.6. The minimum Gasteiger partial charge on any atom is -0.491 e. The number of amides is 1. The van der Waals surface area contributed by atoms with Crippen molar-refractivity contribution < 1.29 is 18.5 Å². The van der Waals surface area contributed by atoms with Crippen molar-refractivity contribution in [3.05, 3.63) is 47.5 Å². The van der Waals surface area contributed by atoms with Crippen molar-refractivity contribution in [2.75, 3.05) is 6.61 Å². The van der Waals surface area contributed by atoms with Crippen LogP contribution >= 0.6 is 0 Å². The molecule has 1 fully saturated rings. The Labute approximate surface area is 148 Å². The van der Waals surface area contributed by atoms with E-state index in [2.05, 4.69) is 20.4 Å². The Morgan fingerprint density at radius 2 is 2.19 bits per heavy atom. The molecular weight excluding hydrogens is 336 g/mol. The van der Waals surface area contributed by atoms with Gasteiger partial charge in [0.25, 0.3) is 5.91 Å². The van der Waals surface area contributed by atoms with Gasteiger partial charge in [0.05, 0.1) is 12.2 Å². The molecule has 132 valence electrons. The minimum atomic E-state index is -0.316. The SMILES string of the molecule is Cc1ncc(C(=O)NC2COc3cc(-c4noc(C5CC5)n4)ccc32)o1. The molecule has 1 amide bonds. The Balaban J connectivity index is 1.35. The van der Waals surface area contributed by atoms with E-state index in [0.29, 0.717) is 35.9 Å². The normalized spacial score (nSPS) is 18.4. The monoisotopic (exact) mass is 352 g/mol. The highest BCUT2D eigenvalue weighted by Crippen LogP contribution is 2.40. The summed E-state index contributed by atoms with van der Waals surface area (Å²) in [7, 11) is 0. The van der Waals surface area contributed by atoms with Gasteiger partial charge >= 0.3 is 0 Å². The molecule has 1 aromatic carbocycles. The van der Waals surface area contributed by atoms with Crippen LogP contribution < -0.4 is 10.1 Å². The van der Waals surface area contributed by atoms with E-state index in [0.717, 1.165) is 24.0 Å². The van der Waals surface area contributed by atoms with Crippen LogP contribution in [0.1, 0.15) is 52.7 Å². The molecule has 26 heavy (non-hydrogen) atoms. The number of ether oxygens (including phenoxy) is 1. The zero-order chi connectivity index (χ0) is 17.7. The number of benzene rings is 1. The molecule has 8 heteroatoms. The van der Waals surface area contributed by atoms with E-state index < -0.39 is 0 Å². The second-order valence-electron chi connectivity index (χ2n) is 6.56. The molecule has 2 aromatic heterocycles. The molecule has 8 nitrogen and oxygen atoms in total. The molecule has 1 saturated carbocycles. The topological polar surface area (TPSA) is 103 Å². The van der Waals surface area contributed by atoms with Crippen molar-refractivity contribution in [2.24, 2.45) is 0 Å². The average molecular weight is 352 g/mol. The third-order valence-electron chi connectivity index (χ3n) is 4.57. The first kappa shape index (κ1) is 15.1. The summed E-state index contributed by atoms with van der Waals surface area (Å²) in [6.45, 7) is 2.05. The molecule has 1 atom stereocenters. The number of hydrogen-bond acceptors (Lipinski definition) is 7. The lowest BCUT2D eigenvalue weighted by molar-refractivity contribution is 0.0901. The van der Waals surface area contributed by atoms with Crippen molar-refractivity contribution in [3.8, 4) is 17.1 Å². The number of aryl methyl sites for hydroxylation is 1. The van der Waals surface area contributed by atoms with Gasteiger partial charge in [-0.25, -0.2) is 4.98 Å². The minimum absolute atomic E-state index is 0.187. The summed E-state index contributed by atoms with van der Waals surface area (Å²) in [5.41, 5.74) is 1.74. The van der Waals surface area contributed by atoms with Gasteiger partial charge in [-0.2, -0.15) is 4.98 Å². The van der Waals surface area contributed by atoms with Crippen LogP contribution in [0.3, 0.4) is 0 Å². The lowest BCUT2D eigenvalue weighted by Crippen LogP contribution is -2.29. The third kappa shape index (κ3) is 2.63. The number of hydrogen-bond donors (Lipinski definition) is 1. The zero-order valence-electron chi connectivity index (χ0n) is 14.1. The van der Waals surface area contributed by atoms with Gasteiger partial charge in [-0.3, -0.25) is 4.79 Å². The quantitative estimate of drug-likeness (QED) is 0.770. The van der Waals surface area contributed by atoms with Gasteiger partial charge in [-0.05, 0) is 18.9 Å². The van der Waals surface area contributed by atoms with Gasteiger partial charge in [0, 0.05) is 24.0 Å². The number of aromatic nitrogens is 3. The van der Waals surface area contributed by atoms with Gasteiger partial charge in [-0.1, -0.05) is 17.3 Å². The molecule has 1 unspecified atom stereocenters. The summed E-state index contributed by atoms with van der Waals surface area (Å²) in [5, 5.41) is 6.96. The first-order valence-electron chi connectivity index (χ1n) is 8.51. The molecule has 0 radical (unpaired) electrons. The van der Waals surface area contributed by atoms with Gasteiger partial charge in [-0.15, -0.1) is 0 Å². The lowest BCUT2D eigenvalue weighted by Gasteiger charge is -2.10. The van der Waals surface area contributed by atoms with Crippen LogP contribution in [0, 0.1) is 6.92 Å². The molecule has 1 aliphatic carbocycles. The second-order valence-corrected chi connectivity index (χ2v) is 6.56. The van der Waals surface area contributed by atoms with E-state index in [-0.39, 0.29) is 17.7 Å². The van der Waals surface area contributed by atoms with Crippen molar-refractivity contribution >= 4 is 5.91 Å². The van der Waals surface area contributed by atoms with E-state index in [1.54, 1.807) is 6.92 Å². The molecule has 1 aliphatic heterocycles. The van der Waals surface area contributed by atoms with E-state index in [1.165, 1.54) is 6.20 Å². The summed E-state index contributed by atoms with van der Waals surface area (Å²) in [6.07, 6.45) is 3.64. The summed E-state index contributed by atoms with van der Waals surface area (Å²) < 4.78 is 16.3. The molecule has 5 rings (SSSR count). The smallest absolute Gasteiger partial charge is 0.289 e. The molecule has 3 aromatic rings. The highest BCUT2D eigenvalue weighted by molar-refractivity contribution is 5.91. The van der Waals surface area contributed by atoms with E-state index in [4.69, 9.17) is 13.7 Å². The predicted molar refractivity (Wildman–Crippen MR) is 88.7 cm³/mol. The number of fused-ring (bicyclic) bond motifs is 1. The number of carbonyl (C=O) groups excluding carboxylic acids is 1. The fourth-order valence-corrected chi connectivity index (χ4v) is 3.01. The van der Waals surface area contributed by atoms with Crippen LogP contribution in [-0.2, 0) is 0 Å². The number of carbonyl (C=O) groups is 1. The number of nitrogens with one attached hydrogen (secondary N) is 1. The molecule has 0 saturated heterocycles. The van der Waals surface area contributed by atoms with E-state index in [9.17, 15) is 4.79 Å². The number of rotatable bonds is 4. The van der Waals surface area contributed by atoms with Crippen LogP contribution in [-0.4, -0.2) is 27.6 Å². The maximum atomic E-state index is 12.3. The van der Waals surface area contributed by atoms with E-state index >= 15 is 0 Å². The van der Waals surface area contributed by atoms with Crippen molar-refractivity contribution in [3.63, 3.8) is 0 Å². The molecule has 0 bridgehead atoms. The molecule has 0 spiro atoms. The van der Waals surface area contributed by atoms with Gasteiger partial charge in [0.2, 0.25) is 17.5 Å². The number of oxazole rings is 1. The van der Waals surface area contributed by atoms with Gasteiger partial charge < -0.3 is 19.0 Å². The van der Waals surface area contributed by atoms with Crippen LogP contribution in [0.2, 0.25) is 0 Å². The fourth-order valence-electron chi connectivity index (χ4n) is 3.01. The first-order chi connectivity index (χ1) is 12.7. The summed E-state index contributed by atoms with van der Waals surface area (Å²) >= 11 is 0. The predicted octanol–water partition coefficient (Wildman–Crippen LogP) is 2.77. The van der Waals surface area contributed by atoms with Crippen LogP contribution in [0.25, 0.3) is 11.4 Å². The number of nitrogens with zero attached hydrogens (tertiary/aromatic N) is 3. The Morgan fingerprint density at radius 3 is 2.96 bits per heavy atom. The Bertz CT molecular complexity index is 989. The van der Waals surface area contributed by atoms with Crippen LogP contribution in [0.5, 0.6) is 5.75 Å². The van der Waals surface area contributed by atoms with Gasteiger partial charge in [0.1, 0.15) is 12.4 Å². The Kier molecular flexibility index (Phi) is 3.31. The van der Waals surface area contributed by atoms with Gasteiger partial charge in [0.15, 0.2) is 5.89 Å². The summed E-state index contributed by atoms with van der Waals surface area (Å²) in [5.74, 6) is 2.71. The first-order valence-corrected chi connectivity index (χ1v) is 8.51. The summed E-state index contributed by atoms with van der Waals surface area (Å²) in [6, 6.07) is 5.46. The van der Waals surface area contributed by atoms with Crippen molar-refractivity contribution in [1.29, 1.82) is 0 Å².